The molecule has 6 nitrogen and oxygen atoms in total. The monoisotopic (exact) mass is 508 g/mol. The Labute approximate surface area is 207 Å². The fourth-order valence-electron chi connectivity index (χ4n) is 6.17. The predicted octanol–water partition coefficient (Wildman–Crippen LogP) is 3.98. The number of carbonyl (C=O) groups is 1. The third-order valence-corrected chi connectivity index (χ3v) is 8.34. The lowest BCUT2D eigenvalue weighted by Crippen LogP contribution is -2.62. The molecule has 1 saturated heterocycles. The fraction of sp³-hybridized carbons (Fsp3) is 0.520. The topological polar surface area (TPSA) is 75.2 Å². The Hall–Kier alpha value is -2.52. The molecule has 5 fully saturated rings. The smallest absolute Gasteiger partial charge is 0.266 e. The van der Waals surface area contributed by atoms with Crippen LogP contribution in [0.3, 0.4) is 0 Å². The molecule has 4 atom stereocenters. The van der Waals surface area contributed by atoms with E-state index in [-0.39, 0.29) is 35.1 Å². The molecule has 1 amide bonds. The number of hydrogen-bond donors (Lipinski definition) is 3. The number of pyridine rings is 1. The van der Waals surface area contributed by atoms with Gasteiger partial charge in [-0.2, -0.15) is 0 Å². The maximum absolute atomic E-state index is 14.7. The second kappa shape index (κ2) is 8.55. The standard InChI is InChI=1S/C25H27F3N4O2.ClH/c1-12(14-3-2-4-15(21(14)26)23(27)28)30-24(34)18-11-32(25-6-13(7-25)8-25)20(33)5-19(18)31-22-16-9-29-10-17(16)22;/h2-5,11-13,16-17,22-23,29,31H,6-10H2,1H3,(H,30,34);1H/t12-,13?,16-,17+,22-,25?;/m1./s1. The molecule has 2 bridgehead atoms. The number of nitrogens with zero attached hydrogens (tertiary/aromatic N) is 1. The summed E-state index contributed by atoms with van der Waals surface area (Å²) in [6.45, 7) is 3.37. The summed E-state index contributed by atoms with van der Waals surface area (Å²) in [4.78, 5) is 26.4. The van der Waals surface area contributed by atoms with Crippen LogP contribution in [0, 0.1) is 23.6 Å². The molecule has 1 aromatic carbocycles. The first-order valence-electron chi connectivity index (χ1n) is 11.9. The van der Waals surface area contributed by atoms with Crippen molar-refractivity contribution in [2.75, 3.05) is 18.4 Å². The van der Waals surface area contributed by atoms with E-state index in [1.165, 1.54) is 18.2 Å². The average Bonchev–Trinajstić information content (AvgIpc) is 3.13. The molecule has 3 N–H and O–H groups in total. The summed E-state index contributed by atoms with van der Waals surface area (Å²) in [7, 11) is 0. The summed E-state index contributed by atoms with van der Waals surface area (Å²) in [5.74, 6) is 0.120. The molecule has 0 spiro atoms. The zero-order chi connectivity index (χ0) is 23.8. The van der Waals surface area contributed by atoms with E-state index in [2.05, 4.69) is 16.0 Å². The Bertz CT molecular complexity index is 1210. The zero-order valence-electron chi connectivity index (χ0n) is 19.2. The van der Waals surface area contributed by atoms with Crippen LogP contribution in [-0.4, -0.2) is 29.6 Å². The van der Waals surface area contributed by atoms with Crippen LogP contribution in [0.5, 0.6) is 0 Å². The minimum Gasteiger partial charge on any atom is -0.381 e. The van der Waals surface area contributed by atoms with Crippen LogP contribution >= 0.6 is 12.4 Å². The Morgan fingerprint density at radius 1 is 1.17 bits per heavy atom. The Morgan fingerprint density at radius 3 is 2.43 bits per heavy atom. The lowest BCUT2D eigenvalue weighted by Gasteiger charge is -2.62. The number of fused-ring (bicyclic) bond motifs is 1. The maximum Gasteiger partial charge on any atom is 0.266 e. The van der Waals surface area contributed by atoms with E-state index in [9.17, 15) is 22.8 Å². The van der Waals surface area contributed by atoms with Crippen LogP contribution in [0.2, 0.25) is 0 Å². The highest BCUT2D eigenvalue weighted by atomic mass is 35.5. The molecule has 4 saturated carbocycles. The normalized spacial score (nSPS) is 30.4. The van der Waals surface area contributed by atoms with Gasteiger partial charge in [-0.1, -0.05) is 18.2 Å². The molecule has 35 heavy (non-hydrogen) atoms. The maximum atomic E-state index is 14.7. The molecule has 0 radical (unpaired) electrons. The van der Waals surface area contributed by atoms with Gasteiger partial charge in [0.1, 0.15) is 5.82 Å². The third-order valence-electron chi connectivity index (χ3n) is 8.34. The van der Waals surface area contributed by atoms with Crippen molar-refractivity contribution in [3.05, 3.63) is 63.3 Å². The Kier molecular flexibility index (Phi) is 5.91. The van der Waals surface area contributed by atoms with Gasteiger partial charge in [0, 0.05) is 42.5 Å². The van der Waals surface area contributed by atoms with Gasteiger partial charge in [0.05, 0.1) is 22.9 Å². The first-order valence-corrected chi connectivity index (χ1v) is 11.9. The second-order valence-corrected chi connectivity index (χ2v) is 10.4. The Morgan fingerprint density at radius 2 is 1.83 bits per heavy atom. The number of piperidine rings is 1. The number of rotatable bonds is 7. The molecular formula is C25H28ClF3N4O2. The minimum absolute atomic E-state index is 0. The SMILES string of the molecule is C[C@@H](NC(=O)c1cn(C23CC(C2)C3)c(=O)cc1N[C@@H]1[C@@H]2CNC[C@@H]21)c1cccc(C(F)F)c1F.Cl. The van der Waals surface area contributed by atoms with Crippen LogP contribution in [0.15, 0.2) is 35.3 Å². The quantitative estimate of drug-likeness (QED) is 0.529. The summed E-state index contributed by atoms with van der Waals surface area (Å²) in [6, 6.07) is 4.67. The number of hydrogen-bond acceptors (Lipinski definition) is 4. The van der Waals surface area contributed by atoms with Gasteiger partial charge in [-0.05, 0) is 43.9 Å². The molecule has 10 heteroatoms. The van der Waals surface area contributed by atoms with Crippen LogP contribution in [0.4, 0.5) is 18.9 Å². The lowest BCUT2D eigenvalue weighted by molar-refractivity contribution is -0.0914. The van der Waals surface area contributed by atoms with Gasteiger partial charge < -0.3 is 20.5 Å². The van der Waals surface area contributed by atoms with Crippen molar-refractivity contribution in [1.29, 1.82) is 0 Å². The highest BCUT2D eigenvalue weighted by molar-refractivity contribution is 5.99. The number of alkyl halides is 2. The van der Waals surface area contributed by atoms with Crippen molar-refractivity contribution in [3.63, 3.8) is 0 Å². The van der Waals surface area contributed by atoms with E-state index in [0.29, 0.717) is 29.0 Å². The van der Waals surface area contributed by atoms with Crippen LogP contribution < -0.4 is 21.5 Å². The number of halogens is 4. The summed E-state index contributed by atoms with van der Waals surface area (Å²) in [6.07, 6.45) is 1.52. The molecule has 2 aromatic rings. The first-order chi connectivity index (χ1) is 16.3. The summed E-state index contributed by atoms with van der Waals surface area (Å²) >= 11 is 0. The van der Waals surface area contributed by atoms with Gasteiger partial charge in [-0.15, -0.1) is 12.4 Å². The first kappa shape index (κ1) is 24.2. The number of amides is 1. The van der Waals surface area contributed by atoms with E-state index in [4.69, 9.17) is 0 Å². The number of nitrogens with one attached hydrogen (secondary N) is 3. The number of carbonyl (C=O) groups excluding carboxylic acids is 1. The van der Waals surface area contributed by atoms with Crippen molar-refractivity contribution < 1.29 is 18.0 Å². The molecular weight excluding hydrogens is 481 g/mol. The van der Waals surface area contributed by atoms with Gasteiger partial charge in [0.2, 0.25) is 0 Å². The van der Waals surface area contributed by atoms with Crippen LogP contribution in [0.25, 0.3) is 0 Å². The summed E-state index contributed by atoms with van der Waals surface area (Å²) in [5, 5.41) is 9.48. The summed E-state index contributed by atoms with van der Waals surface area (Å²) in [5.41, 5.74) is -0.232. The zero-order valence-corrected chi connectivity index (χ0v) is 20.0. The van der Waals surface area contributed by atoms with Crippen LogP contribution in [0.1, 0.15) is 60.1 Å². The van der Waals surface area contributed by atoms with Gasteiger partial charge in [-0.25, -0.2) is 13.2 Å². The molecule has 4 aliphatic carbocycles. The molecule has 1 aromatic heterocycles. The number of anilines is 1. The molecule has 0 unspecified atom stereocenters. The molecule has 5 aliphatic rings. The van der Waals surface area contributed by atoms with Gasteiger partial charge in [-0.3, -0.25) is 9.59 Å². The Balaban J connectivity index is 0.00000253. The highest BCUT2D eigenvalue weighted by Gasteiger charge is 2.58. The van der Waals surface area contributed by atoms with Crippen molar-refractivity contribution in [1.82, 2.24) is 15.2 Å². The van der Waals surface area contributed by atoms with Crippen molar-refractivity contribution in [3.8, 4) is 0 Å². The average molecular weight is 509 g/mol. The molecule has 188 valence electrons. The van der Waals surface area contributed by atoms with E-state index in [1.807, 2.05) is 0 Å². The van der Waals surface area contributed by atoms with Crippen molar-refractivity contribution in [2.45, 2.75) is 50.2 Å². The van der Waals surface area contributed by atoms with Crippen molar-refractivity contribution in [2.24, 2.45) is 17.8 Å². The van der Waals surface area contributed by atoms with Crippen LogP contribution in [-0.2, 0) is 5.54 Å². The molecule has 2 heterocycles. The highest BCUT2D eigenvalue weighted by Crippen LogP contribution is 2.61. The van der Waals surface area contributed by atoms with E-state index >= 15 is 0 Å². The largest absolute Gasteiger partial charge is 0.381 e. The summed E-state index contributed by atoms with van der Waals surface area (Å²) < 4.78 is 42.6. The van der Waals surface area contributed by atoms with E-state index in [1.54, 1.807) is 17.7 Å². The van der Waals surface area contributed by atoms with Gasteiger partial charge >= 0.3 is 0 Å². The van der Waals surface area contributed by atoms with Gasteiger partial charge in [0.25, 0.3) is 17.9 Å². The third kappa shape index (κ3) is 3.83. The molecule has 1 aliphatic heterocycles. The van der Waals surface area contributed by atoms with E-state index in [0.717, 1.165) is 38.4 Å². The fourth-order valence-corrected chi connectivity index (χ4v) is 6.17. The second-order valence-electron chi connectivity index (χ2n) is 10.4. The molecule has 7 rings (SSSR count). The predicted molar refractivity (Wildman–Crippen MR) is 128 cm³/mol. The van der Waals surface area contributed by atoms with Gasteiger partial charge in [0.15, 0.2) is 0 Å². The minimum atomic E-state index is -2.94. The lowest BCUT2D eigenvalue weighted by atomic mass is 9.49. The van der Waals surface area contributed by atoms with Crippen molar-refractivity contribution >= 4 is 24.0 Å². The number of benzene rings is 1. The number of aromatic nitrogens is 1. The van der Waals surface area contributed by atoms with E-state index < -0.39 is 29.8 Å².